The molecule has 0 aliphatic heterocycles. The number of hydrogen-bond acceptors (Lipinski definition) is 1. The number of hydrogen-bond donors (Lipinski definition) is 1. The van der Waals surface area contributed by atoms with Crippen molar-refractivity contribution in [2.24, 2.45) is 0 Å². The fourth-order valence-corrected chi connectivity index (χ4v) is 2.03. The molecule has 84 valence electrons. The Labute approximate surface area is 96.2 Å². The van der Waals surface area contributed by atoms with E-state index in [1.165, 1.54) is 6.07 Å². The van der Waals surface area contributed by atoms with Crippen LogP contribution in [0, 0.1) is 16.4 Å². The van der Waals surface area contributed by atoms with E-state index in [1.807, 2.05) is 6.92 Å². The second-order valence-electron chi connectivity index (χ2n) is 3.56. The maximum Gasteiger partial charge on any atom is 0.178 e. The van der Waals surface area contributed by atoms with Gasteiger partial charge in [0.25, 0.3) is 0 Å². The minimum absolute atomic E-state index is 0.123. The summed E-state index contributed by atoms with van der Waals surface area (Å²) in [6, 6.07) is 1.96. The summed E-state index contributed by atoms with van der Waals surface area (Å²) >= 11 is 5.07. The van der Waals surface area contributed by atoms with Crippen LogP contribution in [0.5, 0.6) is 0 Å². The first kappa shape index (κ1) is 11.0. The van der Waals surface area contributed by atoms with Crippen LogP contribution in [0.15, 0.2) is 24.8 Å². The quantitative estimate of drug-likeness (QED) is 0.626. The lowest BCUT2D eigenvalue weighted by atomic mass is 10.2. The van der Waals surface area contributed by atoms with Gasteiger partial charge in [-0.1, -0.05) is 6.08 Å². The number of rotatable bonds is 2. The molecule has 1 heterocycles. The number of aromatic nitrogens is 2. The van der Waals surface area contributed by atoms with E-state index in [9.17, 15) is 8.78 Å². The molecule has 0 aliphatic carbocycles. The standard InChI is InChI=1S/C11H10F2N2S/c1-3-6(2)15-9-5-7(12)4-8(13)10(9)14-11(15)16/h3-6H,1H2,2H3,(H,14,16). The van der Waals surface area contributed by atoms with Crippen molar-refractivity contribution in [2.75, 3.05) is 0 Å². The second kappa shape index (κ2) is 3.83. The Morgan fingerprint density at radius 2 is 2.19 bits per heavy atom. The Morgan fingerprint density at radius 1 is 1.50 bits per heavy atom. The molecule has 1 atom stereocenters. The zero-order valence-electron chi connectivity index (χ0n) is 8.63. The van der Waals surface area contributed by atoms with Gasteiger partial charge in [0.2, 0.25) is 0 Å². The van der Waals surface area contributed by atoms with Gasteiger partial charge in [0.1, 0.15) is 11.3 Å². The zero-order valence-corrected chi connectivity index (χ0v) is 9.44. The van der Waals surface area contributed by atoms with E-state index < -0.39 is 11.6 Å². The normalized spacial score (nSPS) is 12.9. The number of imidazole rings is 1. The molecule has 1 N–H and O–H groups in total. The van der Waals surface area contributed by atoms with Gasteiger partial charge >= 0.3 is 0 Å². The van der Waals surface area contributed by atoms with Gasteiger partial charge in [-0.3, -0.25) is 0 Å². The molecule has 2 aromatic rings. The molecular formula is C11H10F2N2S. The molecule has 1 aromatic carbocycles. The van der Waals surface area contributed by atoms with Crippen LogP contribution >= 0.6 is 12.2 Å². The fraction of sp³-hybridized carbons (Fsp3) is 0.182. The minimum Gasteiger partial charge on any atom is -0.328 e. The van der Waals surface area contributed by atoms with E-state index in [4.69, 9.17) is 12.2 Å². The Morgan fingerprint density at radius 3 is 2.81 bits per heavy atom. The number of nitrogens with zero attached hydrogens (tertiary/aromatic N) is 1. The Balaban J connectivity index is 2.88. The third kappa shape index (κ3) is 1.57. The number of H-pyrrole nitrogens is 1. The first-order valence-corrected chi connectivity index (χ1v) is 5.17. The molecule has 2 rings (SSSR count). The van der Waals surface area contributed by atoms with Crippen molar-refractivity contribution < 1.29 is 8.78 Å². The molecule has 0 aliphatic rings. The summed E-state index contributed by atoms with van der Waals surface area (Å²) in [4.78, 5) is 2.73. The van der Waals surface area contributed by atoms with Gasteiger partial charge in [-0.25, -0.2) is 8.78 Å². The maximum atomic E-state index is 13.5. The van der Waals surface area contributed by atoms with E-state index in [0.717, 1.165) is 6.07 Å². The molecule has 0 saturated heterocycles. The molecule has 1 aromatic heterocycles. The summed E-state index contributed by atoms with van der Waals surface area (Å²) in [5, 5.41) is 0. The number of benzene rings is 1. The van der Waals surface area contributed by atoms with Gasteiger partial charge < -0.3 is 9.55 Å². The Hall–Kier alpha value is -1.49. The van der Waals surface area contributed by atoms with Crippen molar-refractivity contribution in [1.29, 1.82) is 0 Å². The van der Waals surface area contributed by atoms with Crippen molar-refractivity contribution in [3.63, 3.8) is 0 Å². The van der Waals surface area contributed by atoms with Gasteiger partial charge in [-0.05, 0) is 25.2 Å². The molecule has 0 fully saturated rings. The highest BCUT2D eigenvalue weighted by atomic mass is 32.1. The molecule has 0 bridgehead atoms. The van der Waals surface area contributed by atoms with Crippen molar-refractivity contribution in [3.05, 3.63) is 41.2 Å². The highest BCUT2D eigenvalue weighted by molar-refractivity contribution is 7.71. The van der Waals surface area contributed by atoms with Crippen LogP contribution in [-0.2, 0) is 0 Å². The number of aromatic amines is 1. The van der Waals surface area contributed by atoms with Crippen LogP contribution in [0.1, 0.15) is 13.0 Å². The van der Waals surface area contributed by atoms with E-state index in [-0.39, 0.29) is 11.6 Å². The van der Waals surface area contributed by atoms with Crippen LogP contribution in [0.4, 0.5) is 8.78 Å². The first-order chi connectivity index (χ1) is 7.54. The highest BCUT2D eigenvalue weighted by Gasteiger charge is 2.13. The smallest absolute Gasteiger partial charge is 0.178 e. The van der Waals surface area contributed by atoms with Crippen LogP contribution in [-0.4, -0.2) is 9.55 Å². The average molecular weight is 240 g/mol. The lowest BCUT2D eigenvalue weighted by Crippen LogP contribution is -2.01. The SMILES string of the molecule is C=CC(C)n1c(=S)[nH]c2c(F)cc(F)cc21. The maximum absolute atomic E-state index is 13.5. The molecule has 0 saturated carbocycles. The Bertz CT molecular complexity index is 612. The predicted octanol–water partition coefficient (Wildman–Crippen LogP) is 3.72. The predicted molar refractivity (Wildman–Crippen MR) is 61.9 cm³/mol. The van der Waals surface area contributed by atoms with Crippen LogP contribution in [0.2, 0.25) is 0 Å². The van der Waals surface area contributed by atoms with Gasteiger partial charge in [0.05, 0.1) is 11.6 Å². The van der Waals surface area contributed by atoms with Crippen molar-refractivity contribution in [1.82, 2.24) is 9.55 Å². The lowest BCUT2D eigenvalue weighted by Gasteiger charge is -2.09. The number of halogens is 2. The van der Waals surface area contributed by atoms with E-state index in [2.05, 4.69) is 11.6 Å². The fourth-order valence-electron chi connectivity index (χ4n) is 1.66. The molecule has 5 heteroatoms. The summed E-state index contributed by atoms with van der Waals surface area (Å²) in [5.74, 6) is -1.26. The number of nitrogens with one attached hydrogen (secondary N) is 1. The van der Waals surface area contributed by atoms with Crippen LogP contribution < -0.4 is 0 Å². The molecule has 0 amide bonds. The van der Waals surface area contributed by atoms with Gasteiger partial charge in [0.15, 0.2) is 10.6 Å². The zero-order chi connectivity index (χ0) is 11.9. The summed E-state index contributed by atoms with van der Waals surface area (Å²) < 4.78 is 28.6. The molecule has 0 radical (unpaired) electrons. The lowest BCUT2D eigenvalue weighted by molar-refractivity contribution is 0.589. The largest absolute Gasteiger partial charge is 0.328 e. The molecule has 0 spiro atoms. The van der Waals surface area contributed by atoms with Gasteiger partial charge in [0, 0.05) is 6.07 Å². The van der Waals surface area contributed by atoms with E-state index >= 15 is 0 Å². The monoisotopic (exact) mass is 240 g/mol. The van der Waals surface area contributed by atoms with Gasteiger partial charge in [-0.2, -0.15) is 0 Å². The average Bonchev–Trinajstić information content (AvgIpc) is 2.54. The van der Waals surface area contributed by atoms with E-state index in [0.29, 0.717) is 10.3 Å². The second-order valence-corrected chi connectivity index (χ2v) is 3.94. The molecule has 2 nitrogen and oxygen atoms in total. The topological polar surface area (TPSA) is 20.7 Å². The highest BCUT2D eigenvalue weighted by Crippen LogP contribution is 2.23. The molecular weight excluding hydrogens is 230 g/mol. The summed E-state index contributed by atoms with van der Waals surface area (Å²) in [7, 11) is 0. The summed E-state index contributed by atoms with van der Waals surface area (Å²) in [5.41, 5.74) is 0.634. The third-order valence-electron chi connectivity index (χ3n) is 2.49. The minimum atomic E-state index is -0.642. The molecule has 16 heavy (non-hydrogen) atoms. The Kier molecular flexibility index (Phi) is 2.63. The van der Waals surface area contributed by atoms with Crippen molar-refractivity contribution in [2.45, 2.75) is 13.0 Å². The summed E-state index contributed by atoms with van der Waals surface area (Å²) in [6.07, 6.45) is 1.66. The number of allylic oxidation sites excluding steroid dienone is 1. The molecule has 1 unspecified atom stereocenters. The van der Waals surface area contributed by atoms with E-state index in [1.54, 1.807) is 10.6 Å². The van der Waals surface area contributed by atoms with Gasteiger partial charge in [-0.15, -0.1) is 6.58 Å². The van der Waals surface area contributed by atoms with Crippen LogP contribution in [0.25, 0.3) is 11.0 Å². The van der Waals surface area contributed by atoms with Crippen molar-refractivity contribution in [3.8, 4) is 0 Å². The number of fused-ring (bicyclic) bond motifs is 1. The van der Waals surface area contributed by atoms with Crippen LogP contribution in [0.3, 0.4) is 0 Å². The van der Waals surface area contributed by atoms with Crippen molar-refractivity contribution >= 4 is 23.3 Å². The summed E-state index contributed by atoms with van der Waals surface area (Å²) in [6.45, 7) is 5.49. The third-order valence-corrected chi connectivity index (χ3v) is 2.79. The first-order valence-electron chi connectivity index (χ1n) is 4.76.